The number of Topliss-reactive ketones (excluding diaryl/α,β-unsaturated/α-hetero) is 1. The summed E-state index contributed by atoms with van der Waals surface area (Å²) in [5.74, 6) is -0.0452. The van der Waals surface area contributed by atoms with Gasteiger partial charge in [0.1, 0.15) is 0 Å². The summed E-state index contributed by atoms with van der Waals surface area (Å²) in [5, 5.41) is 0. The van der Waals surface area contributed by atoms with Gasteiger partial charge >= 0.3 is 0 Å². The van der Waals surface area contributed by atoms with Crippen molar-refractivity contribution < 1.29 is 4.79 Å². The highest BCUT2D eigenvalue weighted by atomic mass is 16.1. The Morgan fingerprint density at radius 1 is 1.29 bits per heavy atom. The lowest BCUT2D eigenvalue weighted by Gasteiger charge is -2.09. The maximum absolute atomic E-state index is 11.6. The molecule has 0 amide bonds. The Kier molecular flexibility index (Phi) is 2.91. The summed E-state index contributed by atoms with van der Waals surface area (Å²) in [4.78, 5) is 11.6. The van der Waals surface area contributed by atoms with Crippen LogP contribution in [0, 0.1) is 13.8 Å². The third kappa shape index (κ3) is 1.93. The van der Waals surface area contributed by atoms with E-state index in [1.807, 2.05) is 13.8 Å². The van der Waals surface area contributed by atoms with Crippen LogP contribution >= 0.6 is 0 Å². The molecule has 76 valence electrons. The Balaban J connectivity index is 3.19. The molecule has 1 unspecified atom stereocenters. The molecule has 3 heteroatoms. The van der Waals surface area contributed by atoms with Crippen LogP contribution in [0.3, 0.4) is 0 Å². The van der Waals surface area contributed by atoms with E-state index in [9.17, 15) is 4.79 Å². The summed E-state index contributed by atoms with van der Waals surface area (Å²) < 4.78 is 0. The molecule has 14 heavy (non-hydrogen) atoms. The SMILES string of the molecule is Cc1cc(C(=O)C(C)N)cc(C)c1N. The lowest BCUT2D eigenvalue weighted by atomic mass is 9.99. The van der Waals surface area contributed by atoms with Gasteiger partial charge in [-0.05, 0) is 44.0 Å². The fraction of sp³-hybridized carbons (Fsp3) is 0.364. The van der Waals surface area contributed by atoms with Crippen molar-refractivity contribution in [2.75, 3.05) is 5.73 Å². The van der Waals surface area contributed by atoms with Crippen LogP contribution in [-0.2, 0) is 0 Å². The predicted molar refractivity (Wildman–Crippen MR) is 58.3 cm³/mol. The van der Waals surface area contributed by atoms with Crippen LogP contribution in [0.1, 0.15) is 28.4 Å². The number of nitrogen functional groups attached to an aromatic ring is 1. The number of carbonyl (C=O) groups is 1. The molecule has 0 radical (unpaired) electrons. The molecule has 4 N–H and O–H groups in total. The van der Waals surface area contributed by atoms with Crippen molar-refractivity contribution in [1.29, 1.82) is 0 Å². The minimum atomic E-state index is -0.461. The molecule has 0 spiro atoms. The Labute approximate surface area is 84.1 Å². The highest BCUT2D eigenvalue weighted by Gasteiger charge is 2.12. The van der Waals surface area contributed by atoms with E-state index in [1.165, 1.54) is 0 Å². The smallest absolute Gasteiger partial charge is 0.179 e. The van der Waals surface area contributed by atoms with E-state index in [-0.39, 0.29) is 5.78 Å². The summed E-state index contributed by atoms with van der Waals surface area (Å²) in [6.07, 6.45) is 0. The van der Waals surface area contributed by atoms with Crippen molar-refractivity contribution in [1.82, 2.24) is 0 Å². The molecule has 1 atom stereocenters. The topological polar surface area (TPSA) is 69.1 Å². The van der Waals surface area contributed by atoms with Gasteiger partial charge in [0.25, 0.3) is 0 Å². The van der Waals surface area contributed by atoms with Crippen molar-refractivity contribution in [3.8, 4) is 0 Å². The van der Waals surface area contributed by atoms with Gasteiger partial charge in [-0.3, -0.25) is 4.79 Å². The second-order valence-electron chi connectivity index (χ2n) is 3.68. The molecule has 0 saturated carbocycles. The van der Waals surface area contributed by atoms with Crippen LogP contribution in [0.4, 0.5) is 5.69 Å². The van der Waals surface area contributed by atoms with Crippen molar-refractivity contribution in [3.05, 3.63) is 28.8 Å². The van der Waals surface area contributed by atoms with E-state index < -0.39 is 6.04 Å². The van der Waals surface area contributed by atoms with E-state index in [2.05, 4.69) is 0 Å². The molecule has 0 aromatic heterocycles. The van der Waals surface area contributed by atoms with Gasteiger partial charge in [0.05, 0.1) is 6.04 Å². The normalized spacial score (nSPS) is 12.6. The summed E-state index contributed by atoms with van der Waals surface area (Å²) in [6, 6.07) is 3.11. The number of benzene rings is 1. The maximum Gasteiger partial charge on any atom is 0.179 e. The molecule has 0 fully saturated rings. The van der Waals surface area contributed by atoms with Crippen LogP contribution in [0.5, 0.6) is 0 Å². The maximum atomic E-state index is 11.6. The van der Waals surface area contributed by atoms with Gasteiger partial charge < -0.3 is 11.5 Å². The number of ketones is 1. The molecule has 3 nitrogen and oxygen atoms in total. The van der Waals surface area contributed by atoms with E-state index >= 15 is 0 Å². The molecule has 0 aliphatic heterocycles. The number of hydrogen-bond donors (Lipinski definition) is 2. The molecule has 1 rings (SSSR count). The van der Waals surface area contributed by atoms with E-state index in [0.29, 0.717) is 5.56 Å². The molecule has 0 saturated heterocycles. The average Bonchev–Trinajstić information content (AvgIpc) is 2.12. The quantitative estimate of drug-likeness (QED) is 0.550. The number of nitrogens with two attached hydrogens (primary N) is 2. The summed E-state index contributed by atoms with van der Waals surface area (Å²) in [5.41, 5.74) is 14.5. The van der Waals surface area contributed by atoms with Crippen LogP contribution in [0.2, 0.25) is 0 Å². The summed E-state index contributed by atoms with van der Waals surface area (Å²) in [7, 11) is 0. The van der Waals surface area contributed by atoms with Gasteiger partial charge in [-0.25, -0.2) is 0 Å². The zero-order valence-electron chi connectivity index (χ0n) is 8.79. The minimum absolute atomic E-state index is 0.0452. The number of hydrogen-bond acceptors (Lipinski definition) is 3. The molecule has 0 aliphatic rings. The summed E-state index contributed by atoms with van der Waals surface area (Å²) in [6.45, 7) is 5.46. The largest absolute Gasteiger partial charge is 0.398 e. The van der Waals surface area contributed by atoms with E-state index in [0.717, 1.165) is 16.8 Å². The first kappa shape index (κ1) is 10.7. The van der Waals surface area contributed by atoms with E-state index in [1.54, 1.807) is 19.1 Å². The second-order valence-corrected chi connectivity index (χ2v) is 3.68. The fourth-order valence-corrected chi connectivity index (χ4v) is 1.38. The molecule has 1 aromatic rings. The van der Waals surface area contributed by atoms with Gasteiger partial charge in [0, 0.05) is 11.3 Å². The molecule has 0 heterocycles. The molecule has 0 aliphatic carbocycles. The average molecular weight is 192 g/mol. The Morgan fingerprint density at radius 3 is 2.07 bits per heavy atom. The van der Waals surface area contributed by atoms with Crippen LogP contribution < -0.4 is 11.5 Å². The van der Waals surface area contributed by atoms with Gasteiger partial charge in [-0.15, -0.1) is 0 Å². The van der Waals surface area contributed by atoms with Crippen molar-refractivity contribution in [2.45, 2.75) is 26.8 Å². The first-order valence-electron chi connectivity index (χ1n) is 4.60. The van der Waals surface area contributed by atoms with Gasteiger partial charge in [-0.1, -0.05) is 0 Å². The molecule has 0 bridgehead atoms. The zero-order chi connectivity index (χ0) is 10.9. The standard InChI is InChI=1S/C11H16N2O/c1-6-4-9(11(14)8(3)12)5-7(2)10(6)13/h4-5,8H,12-13H2,1-3H3. The van der Waals surface area contributed by atoms with Gasteiger partial charge in [0.2, 0.25) is 0 Å². The Morgan fingerprint density at radius 2 is 1.71 bits per heavy atom. The second kappa shape index (κ2) is 3.80. The highest BCUT2D eigenvalue weighted by Crippen LogP contribution is 2.19. The van der Waals surface area contributed by atoms with E-state index in [4.69, 9.17) is 11.5 Å². The van der Waals surface area contributed by atoms with Crippen molar-refractivity contribution in [2.24, 2.45) is 5.73 Å². The van der Waals surface area contributed by atoms with Crippen LogP contribution in [-0.4, -0.2) is 11.8 Å². The number of rotatable bonds is 2. The summed E-state index contributed by atoms with van der Waals surface area (Å²) >= 11 is 0. The zero-order valence-corrected chi connectivity index (χ0v) is 8.79. The van der Waals surface area contributed by atoms with Gasteiger partial charge in [0.15, 0.2) is 5.78 Å². The Hall–Kier alpha value is -1.35. The fourth-order valence-electron chi connectivity index (χ4n) is 1.38. The van der Waals surface area contributed by atoms with Crippen molar-refractivity contribution in [3.63, 3.8) is 0 Å². The number of carbonyl (C=O) groups excluding carboxylic acids is 1. The molecular formula is C11H16N2O. The number of aryl methyl sites for hydroxylation is 2. The minimum Gasteiger partial charge on any atom is -0.398 e. The predicted octanol–water partition coefficient (Wildman–Crippen LogP) is 1.42. The first-order chi connectivity index (χ1) is 6.43. The monoisotopic (exact) mass is 192 g/mol. The third-order valence-corrected chi connectivity index (χ3v) is 2.29. The number of anilines is 1. The lowest BCUT2D eigenvalue weighted by Crippen LogP contribution is -2.26. The van der Waals surface area contributed by atoms with Crippen LogP contribution in [0.25, 0.3) is 0 Å². The van der Waals surface area contributed by atoms with Crippen LogP contribution in [0.15, 0.2) is 12.1 Å². The Bertz CT molecular complexity index is 347. The van der Waals surface area contributed by atoms with Crippen molar-refractivity contribution >= 4 is 11.5 Å². The van der Waals surface area contributed by atoms with Gasteiger partial charge in [-0.2, -0.15) is 0 Å². The first-order valence-corrected chi connectivity index (χ1v) is 4.60. The molecule has 1 aromatic carbocycles. The highest BCUT2D eigenvalue weighted by molar-refractivity contribution is 6.00. The lowest BCUT2D eigenvalue weighted by molar-refractivity contribution is 0.0968. The molecular weight excluding hydrogens is 176 g/mol. The third-order valence-electron chi connectivity index (χ3n) is 2.29.